The number of hydrogen-bond donors (Lipinski definition) is 3. The van der Waals surface area contributed by atoms with Crippen molar-refractivity contribution in [2.45, 2.75) is 38.9 Å². The molecule has 180 valence electrons. The molecule has 3 aromatic heterocycles. The molecule has 0 saturated heterocycles. The number of amides is 3. The molecule has 3 aromatic rings. The summed E-state index contributed by atoms with van der Waals surface area (Å²) >= 11 is 2.47. The van der Waals surface area contributed by atoms with Gasteiger partial charge in [0, 0.05) is 33.6 Å². The molecule has 4 heterocycles. The minimum atomic E-state index is -1.07. The highest BCUT2D eigenvalue weighted by atomic mass is 32.2. The van der Waals surface area contributed by atoms with Crippen molar-refractivity contribution >= 4 is 51.2 Å². The minimum Gasteiger partial charge on any atom is -0.443 e. The van der Waals surface area contributed by atoms with E-state index in [1.807, 2.05) is 0 Å². The van der Waals surface area contributed by atoms with E-state index in [1.54, 1.807) is 30.9 Å². The number of nitrogens with one attached hydrogen (secondary N) is 3. The zero-order valence-electron chi connectivity index (χ0n) is 18.5. The molecule has 14 heteroatoms. The molecule has 0 radical (unpaired) electrons. The monoisotopic (exact) mass is 522 g/mol. The maximum Gasteiger partial charge on any atom is 0.273 e. The lowest BCUT2D eigenvalue weighted by Gasteiger charge is -2.15. The van der Waals surface area contributed by atoms with E-state index in [0.29, 0.717) is 27.9 Å². The Morgan fingerprint density at radius 3 is 2.53 bits per heavy atom. The van der Waals surface area contributed by atoms with Crippen molar-refractivity contribution in [3.8, 4) is 0 Å². The highest BCUT2D eigenvalue weighted by Crippen LogP contribution is 2.24. The zero-order chi connectivity index (χ0) is 24.4. The van der Waals surface area contributed by atoms with Crippen LogP contribution in [0.25, 0.3) is 0 Å². The smallest absolute Gasteiger partial charge is 0.273 e. The summed E-state index contributed by atoms with van der Waals surface area (Å²) in [5, 5.41) is 12.6. The van der Waals surface area contributed by atoms with Crippen molar-refractivity contribution < 1.29 is 23.0 Å². The molecule has 3 N–H and O–H groups in total. The maximum absolute atomic E-state index is 12.8. The molecule has 0 unspecified atom stereocenters. The predicted molar refractivity (Wildman–Crippen MR) is 126 cm³/mol. The van der Waals surface area contributed by atoms with Crippen LogP contribution in [0.3, 0.4) is 0 Å². The van der Waals surface area contributed by atoms with E-state index < -0.39 is 40.6 Å². The molecule has 0 aliphatic carbocycles. The van der Waals surface area contributed by atoms with Crippen molar-refractivity contribution in [3.05, 3.63) is 49.5 Å². The normalized spacial score (nSPS) is 20.0. The molecule has 1 aliphatic rings. The van der Waals surface area contributed by atoms with Gasteiger partial charge < -0.3 is 20.4 Å². The van der Waals surface area contributed by atoms with Crippen LogP contribution in [-0.4, -0.2) is 48.9 Å². The predicted octanol–water partition coefficient (Wildman–Crippen LogP) is 1.87. The molecule has 0 spiro atoms. The van der Waals surface area contributed by atoms with Gasteiger partial charge in [0.25, 0.3) is 17.7 Å². The van der Waals surface area contributed by atoms with Gasteiger partial charge in [-0.1, -0.05) is 0 Å². The van der Waals surface area contributed by atoms with Gasteiger partial charge in [-0.25, -0.2) is 15.0 Å². The molecular formula is C20H22N6O5S3. The molecule has 1 aliphatic heterocycles. The lowest BCUT2D eigenvalue weighted by molar-refractivity contribution is 0.0926. The Hall–Kier alpha value is -2.97. The van der Waals surface area contributed by atoms with E-state index in [4.69, 9.17) is 4.42 Å². The van der Waals surface area contributed by atoms with Crippen LogP contribution in [0.2, 0.25) is 0 Å². The van der Waals surface area contributed by atoms with Crippen molar-refractivity contribution in [2.75, 3.05) is 12.0 Å². The van der Waals surface area contributed by atoms with Crippen molar-refractivity contribution in [1.29, 1.82) is 0 Å². The number of aromatic nitrogens is 3. The Kier molecular flexibility index (Phi) is 7.19. The fourth-order valence-corrected chi connectivity index (χ4v) is 5.37. The number of carbonyl (C=O) groups is 3. The summed E-state index contributed by atoms with van der Waals surface area (Å²) in [4.78, 5) is 51.2. The number of oxazole rings is 1. The zero-order valence-corrected chi connectivity index (χ0v) is 21.0. The van der Waals surface area contributed by atoms with Crippen LogP contribution in [0.1, 0.15) is 78.6 Å². The number of thiazole rings is 2. The summed E-state index contributed by atoms with van der Waals surface area (Å²) in [6, 6.07) is -1.16. The van der Waals surface area contributed by atoms with Crippen LogP contribution in [0.5, 0.6) is 0 Å². The molecule has 34 heavy (non-hydrogen) atoms. The van der Waals surface area contributed by atoms with Gasteiger partial charge >= 0.3 is 0 Å². The van der Waals surface area contributed by atoms with E-state index >= 15 is 0 Å². The van der Waals surface area contributed by atoms with E-state index in [0.717, 1.165) is 0 Å². The van der Waals surface area contributed by atoms with E-state index in [-0.39, 0.29) is 29.5 Å². The minimum absolute atomic E-state index is 0.110. The van der Waals surface area contributed by atoms with Gasteiger partial charge in [-0.3, -0.25) is 18.6 Å². The number of rotatable bonds is 3. The topological polar surface area (TPSA) is 156 Å². The van der Waals surface area contributed by atoms with Crippen LogP contribution >= 0.6 is 22.7 Å². The van der Waals surface area contributed by atoms with E-state index in [1.165, 1.54) is 22.7 Å². The van der Waals surface area contributed by atoms with Crippen LogP contribution in [0, 0.1) is 6.92 Å². The standard InChI is InChI=1S/C20H22N6O5S3/c1-9-19-26-15(10(2)31-19)18(29)21-6-14-23-12(7-32-14)17(28)24-11(4-5-34(3)30)20-25-13(8-33-20)16(27)22-9/h7-9,11H,4-6H2,1-3H3,(H,21,29)(H,22,27)(H,24,28)/t9-,11-,34+/m0/s1. The first kappa shape index (κ1) is 24.2. The number of carbonyl (C=O) groups excluding carboxylic acids is 3. The third kappa shape index (κ3) is 5.39. The Morgan fingerprint density at radius 2 is 1.76 bits per heavy atom. The third-order valence-electron chi connectivity index (χ3n) is 4.98. The summed E-state index contributed by atoms with van der Waals surface area (Å²) in [6.07, 6.45) is 1.97. The molecule has 11 nitrogen and oxygen atoms in total. The quantitative estimate of drug-likeness (QED) is 0.471. The Balaban J connectivity index is 1.69. The molecule has 3 atom stereocenters. The van der Waals surface area contributed by atoms with Crippen molar-refractivity contribution in [3.63, 3.8) is 0 Å². The van der Waals surface area contributed by atoms with Gasteiger partial charge in [0.05, 0.1) is 12.6 Å². The Bertz CT molecular complexity index is 1270. The fourth-order valence-electron chi connectivity index (χ4n) is 3.21. The summed E-state index contributed by atoms with van der Waals surface area (Å²) in [5.74, 6) is -0.467. The second-order valence-electron chi connectivity index (χ2n) is 7.62. The SMILES string of the molecule is Cc1oc2nc1C(=O)NCc1nc(cs1)C(=O)N[C@@H](CC[S@@](C)=O)c1nc(cs1)C(=O)N[C@H]2C. The maximum atomic E-state index is 12.8. The van der Waals surface area contributed by atoms with Gasteiger partial charge in [-0.2, -0.15) is 0 Å². The van der Waals surface area contributed by atoms with E-state index in [9.17, 15) is 18.6 Å². The highest BCUT2D eigenvalue weighted by molar-refractivity contribution is 7.84. The first-order chi connectivity index (χ1) is 16.2. The van der Waals surface area contributed by atoms with Gasteiger partial charge in [-0.15, -0.1) is 22.7 Å². The first-order valence-corrected chi connectivity index (χ1v) is 13.8. The number of aryl methyl sites for hydroxylation is 1. The molecule has 6 bridgehead atoms. The van der Waals surface area contributed by atoms with Gasteiger partial charge in [-0.05, 0) is 20.3 Å². The summed E-state index contributed by atoms with van der Waals surface area (Å²) in [5.41, 5.74) is 0.474. The molecule has 0 saturated carbocycles. The first-order valence-electron chi connectivity index (χ1n) is 10.3. The van der Waals surface area contributed by atoms with Crippen LogP contribution in [0.15, 0.2) is 15.2 Å². The number of hydrogen-bond acceptors (Lipinski definition) is 10. The van der Waals surface area contributed by atoms with E-state index in [2.05, 4.69) is 30.9 Å². The van der Waals surface area contributed by atoms with Gasteiger partial charge in [0.1, 0.15) is 33.2 Å². The molecular weight excluding hydrogens is 500 g/mol. The molecule has 3 amide bonds. The molecule has 0 aromatic carbocycles. The lowest BCUT2D eigenvalue weighted by Crippen LogP contribution is -2.31. The van der Waals surface area contributed by atoms with Crippen LogP contribution < -0.4 is 16.0 Å². The summed E-state index contributed by atoms with van der Waals surface area (Å²) in [7, 11) is -1.07. The van der Waals surface area contributed by atoms with Gasteiger partial charge in [0.15, 0.2) is 5.69 Å². The van der Waals surface area contributed by atoms with Crippen LogP contribution in [-0.2, 0) is 17.3 Å². The average Bonchev–Trinajstić information content (AvgIpc) is 3.53. The Labute approximate surface area is 205 Å². The number of nitrogens with zero attached hydrogens (tertiary/aromatic N) is 3. The summed E-state index contributed by atoms with van der Waals surface area (Å²) in [6.45, 7) is 3.41. The third-order valence-corrected chi connectivity index (χ3v) is 7.60. The highest BCUT2D eigenvalue weighted by Gasteiger charge is 2.26. The summed E-state index contributed by atoms with van der Waals surface area (Å²) < 4.78 is 17.3. The second kappa shape index (κ2) is 10.1. The largest absolute Gasteiger partial charge is 0.443 e. The van der Waals surface area contributed by atoms with Crippen molar-refractivity contribution in [2.24, 2.45) is 0 Å². The fraction of sp³-hybridized carbons (Fsp3) is 0.400. The van der Waals surface area contributed by atoms with Crippen molar-refractivity contribution in [1.82, 2.24) is 30.9 Å². The lowest BCUT2D eigenvalue weighted by atomic mass is 10.2. The average molecular weight is 523 g/mol. The van der Waals surface area contributed by atoms with Crippen LogP contribution in [0.4, 0.5) is 0 Å². The second-order valence-corrected chi connectivity index (χ2v) is 11.0. The number of fused-ring (bicyclic) bond motifs is 6. The molecule has 0 fully saturated rings. The molecule has 4 rings (SSSR count). The van der Waals surface area contributed by atoms with Gasteiger partial charge in [0.2, 0.25) is 5.89 Å². The Morgan fingerprint density at radius 1 is 1.06 bits per heavy atom.